The van der Waals surface area contributed by atoms with Crippen molar-refractivity contribution in [1.29, 1.82) is 0 Å². The van der Waals surface area contributed by atoms with Crippen LogP contribution in [0, 0.1) is 5.82 Å². The van der Waals surface area contributed by atoms with Gasteiger partial charge in [0.15, 0.2) is 11.5 Å². The molecule has 2 aromatic carbocycles. The summed E-state index contributed by atoms with van der Waals surface area (Å²) in [5, 5.41) is 3.24. The topological polar surface area (TPSA) is 30.5 Å². The second-order valence-corrected chi connectivity index (χ2v) is 5.80. The van der Waals surface area contributed by atoms with Crippen LogP contribution in [0.2, 0.25) is 0 Å². The van der Waals surface area contributed by atoms with Crippen molar-refractivity contribution in [2.45, 2.75) is 13.2 Å². The minimum absolute atomic E-state index is 0. The molecule has 0 aliphatic rings. The van der Waals surface area contributed by atoms with Crippen LogP contribution in [0.5, 0.6) is 11.5 Å². The Bertz CT molecular complexity index is 665. The molecule has 2 rings (SSSR count). The Balaban J connectivity index is 0.00000288. The molecule has 0 atom stereocenters. The van der Waals surface area contributed by atoms with E-state index in [4.69, 9.17) is 9.47 Å². The molecular weight excluding hydrogens is 397 g/mol. The van der Waals surface area contributed by atoms with Gasteiger partial charge in [0.1, 0.15) is 12.4 Å². The smallest absolute Gasteiger partial charge is 0.175 e. The Kier molecular flexibility index (Phi) is 8.82. The molecule has 0 bridgehead atoms. The van der Waals surface area contributed by atoms with E-state index in [0.29, 0.717) is 24.7 Å². The van der Waals surface area contributed by atoms with Gasteiger partial charge in [0.05, 0.1) is 11.6 Å². The summed E-state index contributed by atoms with van der Waals surface area (Å²) in [4.78, 5) is 0. The average molecular weight is 417 g/mol. The molecule has 1 N–H and O–H groups in total. The van der Waals surface area contributed by atoms with Crippen LogP contribution in [0.25, 0.3) is 0 Å². The van der Waals surface area contributed by atoms with Gasteiger partial charge in [-0.1, -0.05) is 18.2 Å². The van der Waals surface area contributed by atoms with Gasteiger partial charge in [0.2, 0.25) is 0 Å². The maximum absolute atomic E-state index is 12.9. The Morgan fingerprint density at radius 2 is 1.92 bits per heavy atom. The second kappa shape index (κ2) is 10.3. The molecule has 0 heterocycles. The number of hydrogen-bond donors (Lipinski definition) is 1. The van der Waals surface area contributed by atoms with Crippen molar-refractivity contribution in [1.82, 2.24) is 5.32 Å². The highest BCUT2D eigenvalue weighted by Crippen LogP contribution is 2.37. The molecule has 2 aromatic rings. The Labute approximate surface area is 156 Å². The number of methoxy groups -OCH3 is 1. The van der Waals surface area contributed by atoms with E-state index in [1.165, 1.54) is 12.1 Å². The SMILES string of the molecule is C=CCNCc1cc(Br)c(OCc2ccc(F)cc2)c(OC)c1.Cl. The van der Waals surface area contributed by atoms with Crippen molar-refractivity contribution in [3.05, 3.63) is 70.5 Å². The Morgan fingerprint density at radius 3 is 2.54 bits per heavy atom. The summed E-state index contributed by atoms with van der Waals surface area (Å²) in [6.45, 7) is 5.46. The van der Waals surface area contributed by atoms with Gasteiger partial charge < -0.3 is 14.8 Å². The number of nitrogens with one attached hydrogen (secondary N) is 1. The first-order chi connectivity index (χ1) is 11.1. The fourth-order valence-electron chi connectivity index (χ4n) is 2.07. The van der Waals surface area contributed by atoms with Gasteiger partial charge >= 0.3 is 0 Å². The summed E-state index contributed by atoms with van der Waals surface area (Å²) in [6, 6.07) is 10.1. The molecule has 6 heteroatoms. The minimum atomic E-state index is -0.260. The van der Waals surface area contributed by atoms with Crippen LogP contribution >= 0.6 is 28.3 Å². The van der Waals surface area contributed by atoms with Crippen LogP contribution in [0.4, 0.5) is 4.39 Å². The third-order valence-electron chi connectivity index (χ3n) is 3.20. The van der Waals surface area contributed by atoms with Crippen molar-refractivity contribution >= 4 is 28.3 Å². The zero-order chi connectivity index (χ0) is 16.7. The van der Waals surface area contributed by atoms with Crippen LogP contribution in [0.1, 0.15) is 11.1 Å². The van der Waals surface area contributed by atoms with Gasteiger partial charge in [-0.2, -0.15) is 0 Å². The molecule has 0 saturated carbocycles. The van der Waals surface area contributed by atoms with Gasteiger partial charge in [-0.25, -0.2) is 4.39 Å². The molecule has 0 aromatic heterocycles. The van der Waals surface area contributed by atoms with E-state index in [1.807, 2.05) is 18.2 Å². The summed E-state index contributed by atoms with van der Waals surface area (Å²) in [7, 11) is 1.60. The molecule has 3 nitrogen and oxygen atoms in total. The fourth-order valence-corrected chi connectivity index (χ4v) is 2.67. The number of ether oxygens (including phenoxy) is 2. The normalized spacial score (nSPS) is 9.96. The largest absolute Gasteiger partial charge is 0.493 e. The summed E-state index contributed by atoms with van der Waals surface area (Å²) in [5.41, 5.74) is 1.96. The van der Waals surface area contributed by atoms with E-state index in [1.54, 1.807) is 19.2 Å². The van der Waals surface area contributed by atoms with Gasteiger partial charge in [-0.3, -0.25) is 0 Å². The minimum Gasteiger partial charge on any atom is -0.493 e. The zero-order valence-electron chi connectivity index (χ0n) is 13.4. The predicted molar refractivity (Wildman–Crippen MR) is 101 cm³/mol. The first kappa shape index (κ1) is 20.5. The highest BCUT2D eigenvalue weighted by molar-refractivity contribution is 9.10. The lowest BCUT2D eigenvalue weighted by molar-refractivity contribution is 0.282. The molecule has 0 saturated heterocycles. The molecule has 130 valence electrons. The van der Waals surface area contributed by atoms with E-state index in [9.17, 15) is 4.39 Å². The van der Waals surface area contributed by atoms with E-state index < -0.39 is 0 Å². The van der Waals surface area contributed by atoms with E-state index in [2.05, 4.69) is 27.8 Å². The van der Waals surface area contributed by atoms with Gasteiger partial charge in [-0.15, -0.1) is 19.0 Å². The molecule has 0 amide bonds. The standard InChI is InChI=1S/C18H19BrFNO2.ClH/c1-3-8-21-11-14-9-16(19)18(17(10-14)22-2)23-12-13-4-6-15(20)7-5-13;/h3-7,9-10,21H,1,8,11-12H2,2H3;1H. The van der Waals surface area contributed by atoms with Gasteiger partial charge in [-0.05, 0) is 51.3 Å². The Morgan fingerprint density at radius 1 is 1.21 bits per heavy atom. The molecular formula is C18H20BrClFNO2. The molecule has 0 spiro atoms. The van der Waals surface area contributed by atoms with Crippen LogP contribution in [0.3, 0.4) is 0 Å². The predicted octanol–water partition coefficient (Wildman–Crippen LogP) is 4.87. The summed E-state index contributed by atoms with van der Waals surface area (Å²) >= 11 is 3.52. The molecule has 0 radical (unpaired) electrons. The van der Waals surface area contributed by atoms with Crippen molar-refractivity contribution in [3.8, 4) is 11.5 Å². The summed E-state index contributed by atoms with van der Waals surface area (Å²) in [5.74, 6) is 1.02. The molecule has 0 aliphatic carbocycles. The highest BCUT2D eigenvalue weighted by atomic mass is 79.9. The average Bonchev–Trinajstić information content (AvgIpc) is 2.55. The van der Waals surface area contributed by atoms with Crippen LogP contribution in [-0.2, 0) is 13.2 Å². The molecule has 0 unspecified atom stereocenters. The van der Waals surface area contributed by atoms with Crippen molar-refractivity contribution < 1.29 is 13.9 Å². The quantitative estimate of drug-likeness (QED) is 0.492. The number of halogens is 3. The highest BCUT2D eigenvalue weighted by Gasteiger charge is 2.12. The lowest BCUT2D eigenvalue weighted by Crippen LogP contribution is -2.12. The Hall–Kier alpha value is -1.56. The number of hydrogen-bond acceptors (Lipinski definition) is 3. The monoisotopic (exact) mass is 415 g/mol. The lowest BCUT2D eigenvalue weighted by atomic mass is 10.2. The third kappa shape index (κ3) is 5.82. The number of rotatable bonds is 8. The first-order valence-electron chi connectivity index (χ1n) is 7.19. The summed E-state index contributed by atoms with van der Waals surface area (Å²) in [6.07, 6.45) is 1.81. The van der Waals surface area contributed by atoms with Crippen molar-refractivity contribution in [3.63, 3.8) is 0 Å². The third-order valence-corrected chi connectivity index (χ3v) is 3.79. The maximum Gasteiger partial charge on any atom is 0.175 e. The van der Waals surface area contributed by atoms with E-state index in [-0.39, 0.29) is 18.2 Å². The van der Waals surface area contributed by atoms with E-state index >= 15 is 0 Å². The molecule has 0 aliphatic heterocycles. The molecule has 0 fully saturated rings. The molecule has 24 heavy (non-hydrogen) atoms. The van der Waals surface area contributed by atoms with Crippen LogP contribution in [0.15, 0.2) is 53.5 Å². The zero-order valence-corrected chi connectivity index (χ0v) is 15.8. The fraction of sp³-hybridized carbons (Fsp3) is 0.222. The second-order valence-electron chi connectivity index (χ2n) is 4.94. The van der Waals surface area contributed by atoms with Crippen molar-refractivity contribution in [2.24, 2.45) is 0 Å². The lowest BCUT2D eigenvalue weighted by Gasteiger charge is -2.15. The van der Waals surface area contributed by atoms with Gasteiger partial charge in [0.25, 0.3) is 0 Å². The van der Waals surface area contributed by atoms with Crippen LogP contribution < -0.4 is 14.8 Å². The first-order valence-corrected chi connectivity index (χ1v) is 7.98. The van der Waals surface area contributed by atoms with Gasteiger partial charge in [0, 0.05) is 13.1 Å². The maximum atomic E-state index is 12.9. The van der Waals surface area contributed by atoms with Crippen LogP contribution in [-0.4, -0.2) is 13.7 Å². The van der Waals surface area contributed by atoms with Crippen molar-refractivity contribution in [2.75, 3.05) is 13.7 Å². The summed E-state index contributed by atoms with van der Waals surface area (Å²) < 4.78 is 25.0. The van der Waals surface area contributed by atoms with E-state index in [0.717, 1.165) is 22.1 Å². The number of benzene rings is 2.